The molecule has 0 amide bonds. The standard InChI is InChI=1S/C25H15NS/c1-2-8-20-18(6-1)19-7-3-4-9-21(19)23-14-16(12-13-22(20)23)17-10-5-11-24-25(17)27-15-26-24/h1-15H. The highest BCUT2D eigenvalue weighted by molar-refractivity contribution is 7.17. The van der Waals surface area contributed by atoms with Gasteiger partial charge < -0.3 is 0 Å². The Morgan fingerprint density at radius 3 is 1.89 bits per heavy atom. The van der Waals surface area contributed by atoms with Crippen LogP contribution in [0.25, 0.3) is 53.7 Å². The van der Waals surface area contributed by atoms with E-state index < -0.39 is 0 Å². The highest BCUT2D eigenvalue weighted by Gasteiger charge is 2.11. The third-order valence-electron chi connectivity index (χ3n) is 5.41. The number of thiazole rings is 1. The minimum absolute atomic E-state index is 1.07. The molecule has 0 N–H and O–H groups in total. The molecule has 2 heteroatoms. The molecule has 1 nitrogen and oxygen atoms in total. The largest absolute Gasteiger partial charge is 0.245 e. The highest BCUT2D eigenvalue weighted by atomic mass is 32.1. The van der Waals surface area contributed by atoms with Gasteiger partial charge in [-0.1, -0.05) is 72.8 Å². The summed E-state index contributed by atoms with van der Waals surface area (Å²) in [5, 5.41) is 7.87. The average Bonchev–Trinajstić information content (AvgIpc) is 3.23. The fraction of sp³-hybridized carbons (Fsp3) is 0. The molecule has 5 aromatic carbocycles. The molecule has 0 fully saturated rings. The lowest BCUT2D eigenvalue weighted by atomic mass is 9.92. The van der Waals surface area contributed by atoms with Gasteiger partial charge in [0.2, 0.25) is 0 Å². The normalized spacial score (nSPS) is 11.7. The van der Waals surface area contributed by atoms with Crippen molar-refractivity contribution in [2.24, 2.45) is 0 Å². The number of hydrogen-bond donors (Lipinski definition) is 0. The van der Waals surface area contributed by atoms with Gasteiger partial charge in [-0.15, -0.1) is 11.3 Å². The van der Waals surface area contributed by atoms with Crippen LogP contribution in [0, 0.1) is 0 Å². The van der Waals surface area contributed by atoms with E-state index in [0.29, 0.717) is 0 Å². The molecule has 0 spiro atoms. The Balaban J connectivity index is 1.77. The topological polar surface area (TPSA) is 12.9 Å². The monoisotopic (exact) mass is 361 g/mol. The second-order valence-electron chi connectivity index (χ2n) is 6.86. The number of nitrogens with zero attached hydrogens (tertiary/aromatic N) is 1. The van der Waals surface area contributed by atoms with Crippen LogP contribution in [0.3, 0.4) is 0 Å². The van der Waals surface area contributed by atoms with Crippen LogP contribution in [0.15, 0.2) is 90.4 Å². The lowest BCUT2D eigenvalue weighted by Crippen LogP contribution is -1.85. The molecule has 1 aromatic heterocycles. The van der Waals surface area contributed by atoms with Crippen LogP contribution in [0.2, 0.25) is 0 Å². The molecule has 0 aliphatic heterocycles. The van der Waals surface area contributed by atoms with Crippen molar-refractivity contribution in [2.45, 2.75) is 0 Å². The first-order chi connectivity index (χ1) is 13.4. The van der Waals surface area contributed by atoms with Gasteiger partial charge >= 0.3 is 0 Å². The van der Waals surface area contributed by atoms with Crippen LogP contribution in [0.1, 0.15) is 0 Å². The summed E-state index contributed by atoms with van der Waals surface area (Å²) in [4.78, 5) is 4.48. The van der Waals surface area contributed by atoms with Gasteiger partial charge in [-0.05, 0) is 50.0 Å². The maximum Gasteiger partial charge on any atom is 0.0818 e. The lowest BCUT2D eigenvalue weighted by molar-refractivity contribution is 1.50. The van der Waals surface area contributed by atoms with Crippen molar-refractivity contribution < 1.29 is 0 Å². The van der Waals surface area contributed by atoms with Crippen LogP contribution in [-0.2, 0) is 0 Å². The van der Waals surface area contributed by atoms with E-state index >= 15 is 0 Å². The molecule has 0 aliphatic rings. The fourth-order valence-corrected chi connectivity index (χ4v) is 5.01. The summed E-state index contributed by atoms with van der Waals surface area (Å²) in [7, 11) is 0. The van der Waals surface area contributed by atoms with Crippen LogP contribution < -0.4 is 0 Å². The Hall–Kier alpha value is -3.23. The minimum Gasteiger partial charge on any atom is -0.245 e. The summed E-state index contributed by atoms with van der Waals surface area (Å²) in [6.45, 7) is 0. The second kappa shape index (κ2) is 5.63. The minimum atomic E-state index is 1.07. The Morgan fingerprint density at radius 2 is 1.19 bits per heavy atom. The number of rotatable bonds is 1. The van der Waals surface area contributed by atoms with Gasteiger partial charge in [0.1, 0.15) is 0 Å². The molecule has 126 valence electrons. The van der Waals surface area contributed by atoms with Crippen molar-refractivity contribution in [1.29, 1.82) is 0 Å². The van der Waals surface area contributed by atoms with E-state index in [9.17, 15) is 0 Å². The molecule has 0 bridgehead atoms. The van der Waals surface area contributed by atoms with Crippen molar-refractivity contribution in [3.63, 3.8) is 0 Å². The van der Waals surface area contributed by atoms with Crippen molar-refractivity contribution in [3.05, 3.63) is 90.4 Å². The van der Waals surface area contributed by atoms with E-state index in [4.69, 9.17) is 0 Å². The van der Waals surface area contributed by atoms with Crippen molar-refractivity contribution >= 4 is 53.9 Å². The molecule has 0 atom stereocenters. The zero-order valence-corrected chi connectivity index (χ0v) is 15.3. The van der Waals surface area contributed by atoms with Gasteiger partial charge in [-0.2, -0.15) is 0 Å². The third-order valence-corrected chi connectivity index (χ3v) is 6.29. The predicted octanol–water partition coefficient (Wildman–Crippen LogP) is 7.42. The first-order valence-electron chi connectivity index (χ1n) is 9.06. The number of hydrogen-bond acceptors (Lipinski definition) is 2. The number of benzene rings is 5. The van der Waals surface area contributed by atoms with Crippen molar-refractivity contribution in [1.82, 2.24) is 4.98 Å². The first kappa shape index (κ1) is 14.9. The molecular formula is C25H15NS. The van der Waals surface area contributed by atoms with Crippen molar-refractivity contribution in [3.8, 4) is 11.1 Å². The molecule has 1 heterocycles. The summed E-state index contributed by atoms with van der Waals surface area (Å²) in [6.07, 6.45) is 0. The van der Waals surface area contributed by atoms with Gasteiger partial charge in [0.25, 0.3) is 0 Å². The molecular weight excluding hydrogens is 346 g/mol. The highest BCUT2D eigenvalue weighted by Crippen LogP contribution is 2.38. The smallest absolute Gasteiger partial charge is 0.0818 e. The second-order valence-corrected chi connectivity index (χ2v) is 7.71. The summed E-state index contributed by atoms with van der Waals surface area (Å²) >= 11 is 1.71. The first-order valence-corrected chi connectivity index (χ1v) is 9.94. The zero-order chi connectivity index (χ0) is 17.8. The van der Waals surface area contributed by atoms with Gasteiger partial charge in [-0.25, -0.2) is 4.98 Å². The van der Waals surface area contributed by atoms with E-state index in [1.807, 2.05) is 5.51 Å². The van der Waals surface area contributed by atoms with Crippen LogP contribution in [-0.4, -0.2) is 4.98 Å². The Morgan fingerprint density at radius 1 is 0.556 bits per heavy atom. The van der Waals surface area contributed by atoms with E-state index in [2.05, 4.69) is 89.9 Å². The summed E-state index contributed by atoms with van der Waals surface area (Å²) < 4.78 is 1.25. The fourth-order valence-electron chi connectivity index (χ4n) is 4.19. The predicted molar refractivity (Wildman–Crippen MR) is 118 cm³/mol. The molecule has 6 aromatic rings. The van der Waals surface area contributed by atoms with Crippen molar-refractivity contribution in [2.75, 3.05) is 0 Å². The molecule has 6 rings (SSSR count). The van der Waals surface area contributed by atoms with Crippen LogP contribution in [0.5, 0.6) is 0 Å². The van der Waals surface area contributed by atoms with Crippen LogP contribution in [0.4, 0.5) is 0 Å². The van der Waals surface area contributed by atoms with Gasteiger partial charge in [0.05, 0.1) is 15.7 Å². The maximum absolute atomic E-state index is 4.48. The summed E-state index contributed by atoms with van der Waals surface area (Å²) in [5.74, 6) is 0. The Kier molecular flexibility index (Phi) is 3.11. The van der Waals surface area contributed by atoms with E-state index in [1.165, 1.54) is 48.1 Å². The van der Waals surface area contributed by atoms with Gasteiger partial charge in [0.15, 0.2) is 0 Å². The van der Waals surface area contributed by atoms with E-state index in [0.717, 1.165) is 5.52 Å². The quantitative estimate of drug-likeness (QED) is 0.278. The lowest BCUT2D eigenvalue weighted by Gasteiger charge is -2.12. The Labute approximate surface area is 160 Å². The summed E-state index contributed by atoms with van der Waals surface area (Å²) in [5.41, 5.74) is 5.51. The molecule has 0 aliphatic carbocycles. The van der Waals surface area contributed by atoms with Crippen LogP contribution >= 0.6 is 11.3 Å². The molecule has 0 saturated heterocycles. The van der Waals surface area contributed by atoms with Gasteiger partial charge in [0, 0.05) is 5.56 Å². The average molecular weight is 361 g/mol. The summed E-state index contributed by atoms with van der Waals surface area (Å²) in [6, 6.07) is 30.7. The Bertz CT molecular complexity index is 1440. The van der Waals surface area contributed by atoms with Gasteiger partial charge in [-0.3, -0.25) is 0 Å². The number of aromatic nitrogens is 1. The molecule has 27 heavy (non-hydrogen) atoms. The third kappa shape index (κ3) is 2.14. The SMILES string of the molecule is c1cc(-c2ccc3c4ccccc4c4ccccc4c3c2)c2scnc2c1. The number of fused-ring (bicyclic) bond motifs is 7. The maximum atomic E-state index is 4.48. The molecule has 0 saturated carbocycles. The van der Waals surface area contributed by atoms with E-state index in [1.54, 1.807) is 11.3 Å². The molecule has 0 radical (unpaired) electrons. The van der Waals surface area contributed by atoms with E-state index in [-0.39, 0.29) is 0 Å². The zero-order valence-electron chi connectivity index (χ0n) is 14.5. The molecule has 0 unspecified atom stereocenters.